The van der Waals surface area contributed by atoms with Gasteiger partial charge in [-0.1, -0.05) is 34.5 Å². The molecule has 112 valence electrons. The van der Waals surface area contributed by atoms with E-state index in [1.807, 2.05) is 0 Å². The summed E-state index contributed by atoms with van der Waals surface area (Å²) in [6.07, 6.45) is 0. The molecule has 0 atom stereocenters. The van der Waals surface area contributed by atoms with Gasteiger partial charge in [0.1, 0.15) is 0 Å². The minimum absolute atomic E-state index is 0.0726. The molecule has 0 saturated carbocycles. The number of ether oxygens (including phenoxy) is 1. The average molecular weight is 349 g/mol. The molecule has 5 nitrogen and oxygen atoms in total. The minimum Gasteiger partial charge on any atom is -0.461 e. The summed E-state index contributed by atoms with van der Waals surface area (Å²) in [5, 5.41) is 8.78. The van der Waals surface area contributed by atoms with Gasteiger partial charge in [-0.05, 0) is 19.1 Å². The van der Waals surface area contributed by atoms with Gasteiger partial charge in [0, 0.05) is 15.6 Å². The fraction of sp³-hybridized carbons (Fsp3) is 0.308. The van der Waals surface area contributed by atoms with Gasteiger partial charge >= 0.3 is 5.97 Å². The van der Waals surface area contributed by atoms with Crippen LogP contribution in [0.2, 0.25) is 10.0 Å². The van der Waals surface area contributed by atoms with Crippen LogP contribution in [-0.2, 0) is 17.2 Å². The maximum atomic E-state index is 11.8. The number of hydrogen-bond acceptors (Lipinski definition) is 4. The highest BCUT2D eigenvalue weighted by molar-refractivity contribution is 6.36. The SMILES string of the molecule is CCOC(=O)c1nnn(Cc2c(Cl)cccc2Cl)c1CCl. The van der Waals surface area contributed by atoms with Gasteiger partial charge in [0.05, 0.1) is 24.7 Å². The number of halogens is 3. The Balaban J connectivity index is 2.35. The van der Waals surface area contributed by atoms with Crippen LogP contribution >= 0.6 is 34.8 Å². The number of carbonyl (C=O) groups excluding carboxylic acids is 1. The summed E-state index contributed by atoms with van der Waals surface area (Å²) in [5.41, 5.74) is 1.26. The largest absolute Gasteiger partial charge is 0.461 e. The molecule has 0 N–H and O–H groups in total. The molecule has 1 aromatic carbocycles. The average Bonchev–Trinajstić information content (AvgIpc) is 2.86. The van der Waals surface area contributed by atoms with Crippen molar-refractivity contribution in [2.24, 2.45) is 0 Å². The number of carbonyl (C=O) groups is 1. The van der Waals surface area contributed by atoms with Crippen molar-refractivity contribution in [3.8, 4) is 0 Å². The first-order valence-corrected chi connectivity index (χ1v) is 7.45. The first-order valence-electron chi connectivity index (χ1n) is 6.16. The molecule has 0 aliphatic rings. The van der Waals surface area contributed by atoms with Crippen LogP contribution in [0.5, 0.6) is 0 Å². The van der Waals surface area contributed by atoms with Crippen LogP contribution in [0.3, 0.4) is 0 Å². The summed E-state index contributed by atoms with van der Waals surface area (Å²) >= 11 is 18.1. The van der Waals surface area contributed by atoms with Crippen molar-refractivity contribution in [3.63, 3.8) is 0 Å². The van der Waals surface area contributed by atoms with E-state index in [0.29, 0.717) is 21.3 Å². The molecule has 0 amide bonds. The van der Waals surface area contributed by atoms with Crippen molar-refractivity contribution < 1.29 is 9.53 Å². The van der Waals surface area contributed by atoms with Gasteiger partial charge in [-0.3, -0.25) is 0 Å². The van der Waals surface area contributed by atoms with E-state index < -0.39 is 5.97 Å². The Bertz CT molecular complexity index is 638. The first kappa shape index (κ1) is 16.1. The lowest BCUT2D eigenvalue weighted by Crippen LogP contribution is -2.11. The Morgan fingerprint density at radius 2 is 2.00 bits per heavy atom. The van der Waals surface area contributed by atoms with E-state index in [-0.39, 0.29) is 24.7 Å². The molecule has 0 saturated heterocycles. The predicted octanol–water partition coefficient (Wildman–Crippen LogP) is 3.55. The minimum atomic E-state index is -0.551. The molecule has 0 aliphatic heterocycles. The third-order valence-electron chi connectivity index (χ3n) is 2.80. The zero-order valence-electron chi connectivity index (χ0n) is 11.1. The van der Waals surface area contributed by atoms with Crippen molar-refractivity contribution >= 4 is 40.8 Å². The molecular weight excluding hydrogens is 337 g/mol. The van der Waals surface area contributed by atoms with Gasteiger partial charge in [-0.2, -0.15) is 0 Å². The standard InChI is InChI=1S/C13H12Cl3N3O2/c1-2-21-13(20)12-11(6-14)19(18-17-12)7-8-9(15)4-3-5-10(8)16/h3-5H,2,6-7H2,1H3. The van der Waals surface area contributed by atoms with Gasteiger partial charge in [-0.15, -0.1) is 16.7 Å². The lowest BCUT2D eigenvalue weighted by Gasteiger charge is -2.09. The number of aromatic nitrogens is 3. The molecule has 0 fully saturated rings. The van der Waals surface area contributed by atoms with Gasteiger partial charge < -0.3 is 4.74 Å². The molecule has 0 unspecified atom stereocenters. The molecule has 21 heavy (non-hydrogen) atoms. The van der Waals surface area contributed by atoms with Crippen LogP contribution in [0.25, 0.3) is 0 Å². The molecule has 1 heterocycles. The topological polar surface area (TPSA) is 57.0 Å². The Kier molecular flexibility index (Phi) is 5.45. The van der Waals surface area contributed by atoms with E-state index >= 15 is 0 Å². The number of benzene rings is 1. The van der Waals surface area contributed by atoms with E-state index in [9.17, 15) is 4.79 Å². The van der Waals surface area contributed by atoms with Crippen molar-refractivity contribution in [1.82, 2.24) is 15.0 Å². The Morgan fingerprint density at radius 1 is 1.33 bits per heavy atom. The van der Waals surface area contributed by atoms with Crippen LogP contribution in [0, 0.1) is 0 Å². The van der Waals surface area contributed by atoms with Gasteiger partial charge in [-0.25, -0.2) is 9.48 Å². The number of esters is 1. The van der Waals surface area contributed by atoms with E-state index in [0.717, 1.165) is 0 Å². The number of hydrogen-bond donors (Lipinski definition) is 0. The highest BCUT2D eigenvalue weighted by Gasteiger charge is 2.21. The maximum Gasteiger partial charge on any atom is 0.360 e. The second-order valence-electron chi connectivity index (χ2n) is 4.10. The molecule has 0 radical (unpaired) electrons. The molecule has 0 bridgehead atoms. The monoisotopic (exact) mass is 347 g/mol. The molecule has 1 aromatic heterocycles. The molecule has 2 aromatic rings. The summed E-state index contributed by atoms with van der Waals surface area (Å²) in [4.78, 5) is 11.8. The molecule has 8 heteroatoms. The second kappa shape index (κ2) is 7.11. The number of alkyl halides is 1. The third-order valence-corrected chi connectivity index (χ3v) is 3.76. The van der Waals surface area contributed by atoms with Crippen molar-refractivity contribution in [1.29, 1.82) is 0 Å². The predicted molar refractivity (Wildman–Crippen MR) is 81.1 cm³/mol. The zero-order valence-corrected chi connectivity index (χ0v) is 13.4. The van der Waals surface area contributed by atoms with Crippen LogP contribution in [0.4, 0.5) is 0 Å². The van der Waals surface area contributed by atoms with Crippen LogP contribution < -0.4 is 0 Å². The van der Waals surface area contributed by atoms with E-state index in [1.54, 1.807) is 25.1 Å². The summed E-state index contributed by atoms with van der Waals surface area (Å²) in [6.45, 7) is 2.24. The van der Waals surface area contributed by atoms with Gasteiger partial charge in [0.25, 0.3) is 0 Å². The highest BCUT2D eigenvalue weighted by atomic mass is 35.5. The summed E-state index contributed by atoms with van der Waals surface area (Å²) in [7, 11) is 0. The first-order chi connectivity index (χ1) is 10.1. The summed E-state index contributed by atoms with van der Waals surface area (Å²) in [5.74, 6) is -0.479. The Morgan fingerprint density at radius 3 is 2.57 bits per heavy atom. The van der Waals surface area contributed by atoms with Crippen molar-refractivity contribution in [2.75, 3.05) is 6.61 Å². The van der Waals surface area contributed by atoms with E-state index in [4.69, 9.17) is 39.5 Å². The Labute approximate surface area is 136 Å². The zero-order chi connectivity index (χ0) is 15.4. The molecular formula is C13H12Cl3N3O2. The van der Waals surface area contributed by atoms with Crippen molar-refractivity contribution in [2.45, 2.75) is 19.3 Å². The third kappa shape index (κ3) is 3.48. The van der Waals surface area contributed by atoms with Crippen LogP contribution in [0.15, 0.2) is 18.2 Å². The molecule has 0 spiro atoms. The summed E-state index contributed by atoms with van der Waals surface area (Å²) in [6, 6.07) is 5.21. The van der Waals surface area contributed by atoms with Gasteiger partial charge in [0.2, 0.25) is 0 Å². The molecule has 2 rings (SSSR count). The van der Waals surface area contributed by atoms with E-state index in [2.05, 4.69) is 10.3 Å². The summed E-state index contributed by atoms with van der Waals surface area (Å²) < 4.78 is 6.41. The second-order valence-corrected chi connectivity index (χ2v) is 5.18. The van der Waals surface area contributed by atoms with Gasteiger partial charge in [0.15, 0.2) is 5.69 Å². The fourth-order valence-electron chi connectivity index (χ4n) is 1.78. The fourth-order valence-corrected chi connectivity index (χ4v) is 2.56. The van der Waals surface area contributed by atoms with Crippen LogP contribution in [-0.4, -0.2) is 27.6 Å². The normalized spacial score (nSPS) is 10.7. The van der Waals surface area contributed by atoms with E-state index in [1.165, 1.54) is 4.68 Å². The quantitative estimate of drug-likeness (QED) is 0.612. The van der Waals surface area contributed by atoms with Crippen molar-refractivity contribution in [3.05, 3.63) is 45.2 Å². The maximum absolute atomic E-state index is 11.8. The van der Waals surface area contributed by atoms with Crippen LogP contribution in [0.1, 0.15) is 28.7 Å². The lowest BCUT2D eigenvalue weighted by molar-refractivity contribution is 0.0518. The highest BCUT2D eigenvalue weighted by Crippen LogP contribution is 2.25. The molecule has 0 aliphatic carbocycles. The lowest BCUT2D eigenvalue weighted by atomic mass is 10.2. The Hall–Kier alpha value is -1.30. The smallest absolute Gasteiger partial charge is 0.360 e. The number of rotatable bonds is 5. The number of nitrogens with zero attached hydrogens (tertiary/aromatic N) is 3.